The summed E-state index contributed by atoms with van der Waals surface area (Å²) in [6, 6.07) is 11.4. The van der Waals surface area contributed by atoms with Crippen LogP contribution in [0.4, 0.5) is 0 Å². The van der Waals surface area contributed by atoms with Gasteiger partial charge in [-0.25, -0.2) is 8.42 Å². The lowest BCUT2D eigenvalue weighted by molar-refractivity contribution is 0.283. The second-order valence-corrected chi connectivity index (χ2v) is 7.50. The Bertz CT molecular complexity index is 898. The average molecular weight is 366 g/mol. The highest BCUT2D eigenvalue weighted by Gasteiger charge is 2.18. The number of aromatic amines is 1. The number of nitrogens with one attached hydrogen (secondary N) is 1. The van der Waals surface area contributed by atoms with E-state index < -0.39 is 9.84 Å². The summed E-state index contributed by atoms with van der Waals surface area (Å²) in [7, 11) is -3.57. The van der Waals surface area contributed by atoms with Crippen molar-refractivity contribution in [1.29, 1.82) is 0 Å². The van der Waals surface area contributed by atoms with E-state index in [-0.39, 0.29) is 16.4 Å². The number of rotatable bonds is 3. The molecule has 0 fully saturated rings. The molecule has 3 rings (SSSR count). The van der Waals surface area contributed by atoms with Crippen molar-refractivity contribution in [2.45, 2.75) is 16.4 Å². The number of H-pyrrole nitrogens is 1. The number of halogens is 1. The Kier molecular flexibility index (Phi) is 3.61. The van der Waals surface area contributed by atoms with Gasteiger partial charge in [0.25, 0.3) is 0 Å². The molecule has 0 aliphatic rings. The van der Waals surface area contributed by atoms with Gasteiger partial charge in [-0.15, -0.1) is 0 Å². The van der Waals surface area contributed by atoms with Gasteiger partial charge < -0.3 is 10.1 Å². The number of hydrogen-bond acceptors (Lipinski definition) is 3. The van der Waals surface area contributed by atoms with E-state index in [4.69, 9.17) is 0 Å². The summed E-state index contributed by atoms with van der Waals surface area (Å²) in [5.74, 6) is 0. The number of aliphatic hydroxyl groups is 1. The third-order valence-electron chi connectivity index (χ3n) is 3.34. The van der Waals surface area contributed by atoms with E-state index >= 15 is 0 Å². The molecule has 0 radical (unpaired) electrons. The lowest BCUT2D eigenvalue weighted by Crippen LogP contribution is -2.01. The second kappa shape index (κ2) is 5.29. The summed E-state index contributed by atoms with van der Waals surface area (Å²) in [5.41, 5.74) is 1.48. The fourth-order valence-electron chi connectivity index (χ4n) is 2.21. The molecule has 1 heterocycles. The molecule has 0 bridgehead atoms. The Morgan fingerprint density at radius 2 is 1.71 bits per heavy atom. The van der Waals surface area contributed by atoms with Crippen LogP contribution < -0.4 is 0 Å². The van der Waals surface area contributed by atoms with Crippen molar-refractivity contribution < 1.29 is 13.5 Å². The van der Waals surface area contributed by atoms with Gasteiger partial charge in [0.2, 0.25) is 9.84 Å². The van der Waals surface area contributed by atoms with E-state index in [1.807, 2.05) is 0 Å². The third kappa shape index (κ3) is 2.50. The molecule has 0 spiro atoms. The normalized spacial score (nSPS) is 11.9. The van der Waals surface area contributed by atoms with Gasteiger partial charge in [-0.2, -0.15) is 0 Å². The molecule has 0 amide bonds. The third-order valence-corrected chi connectivity index (χ3v) is 5.64. The van der Waals surface area contributed by atoms with Gasteiger partial charge in [-0.3, -0.25) is 0 Å². The highest BCUT2D eigenvalue weighted by Crippen LogP contribution is 2.27. The van der Waals surface area contributed by atoms with Crippen LogP contribution in [0.15, 0.2) is 62.9 Å². The lowest BCUT2D eigenvalue weighted by Gasteiger charge is -2.05. The van der Waals surface area contributed by atoms with E-state index in [2.05, 4.69) is 20.9 Å². The predicted molar refractivity (Wildman–Crippen MR) is 83.8 cm³/mol. The zero-order valence-electron chi connectivity index (χ0n) is 10.9. The molecule has 4 nitrogen and oxygen atoms in total. The minimum atomic E-state index is -3.57. The summed E-state index contributed by atoms with van der Waals surface area (Å²) >= 11 is 3.29. The van der Waals surface area contributed by atoms with Gasteiger partial charge in [-0.1, -0.05) is 15.9 Å². The van der Waals surface area contributed by atoms with Gasteiger partial charge >= 0.3 is 0 Å². The maximum absolute atomic E-state index is 12.6. The first-order valence-corrected chi connectivity index (χ1v) is 8.51. The molecule has 108 valence electrons. The largest absolute Gasteiger partial charge is 0.392 e. The number of fused-ring (bicyclic) bond motifs is 1. The number of hydrogen-bond donors (Lipinski definition) is 2. The summed E-state index contributed by atoms with van der Waals surface area (Å²) < 4.78 is 26.1. The topological polar surface area (TPSA) is 70.2 Å². The zero-order valence-corrected chi connectivity index (χ0v) is 13.3. The van der Waals surface area contributed by atoms with Crippen LogP contribution in [-0.4, -0.2) is 18.5 Å². The van der Waals surface area contributed by atoms with Gasteiger partial charge in [0.05, 0.1) is 16.4 Å². The smallest absolute Gasteiger partial charge is 0.206 e. The fourth-order valence-corrected chi connectivity index (χ4v) is 3.76. The van der Waals surface area contributed by atoms with Crippen LogP contribution in [0.25, 0.3) is 10.9 Å². The standard InChI is InChI=1S/C15H12BrNO3S/c16-11-1-3-12(4-2-11)21(19,20)13-5-6-15-14(7-13)10(9-18)8-17-15/h1-8,17-18H,9H2. The number of aliphatic hydroxyl groups excluding tert-OH is 1. The summed E-state index contributed by atoms with van der Waals surface area (Å²) in [5, 5.41) is 10.0. The Morgan fingerprint density at radius 3 is 2.38 bits per heavy atom. The maximum atomic E-state index is 12.6. The highest BCUT2D eigenvalue weighted by atomic mass is 79.9. The van der Waals surface area contributed by atoms with Crippen molar-refractivity contribution in [2.75, 3.05) is 0 Å². The molecule has 0 saturated carbocycles. The fraction of sp³-hybridized carbons (Fsp3) is 0.0667. The number of benzene rings is 2. The van der Waals surface area contributed by atoms with Crippen LogP contribution >= 0.6 is 15.9 Å². The second-order valence-electron chi connectivity index (χ2n) is 4.64. The first-order chi connectivity index (χ1) is 10.0. The van der Waals surface area contributed by atoms with Gasteiger partial charge in [-0.05, 0) is 42.5 Å². The van der Waals surface area contributed by atoms with Crippen molar-refractivity contribution >= 4 is 36.7 Å². The average Bonchev–Trinajstić information content (AvgIpc) is 2.89. The van der Waals surface area contributed by atoms with Crippen molar-refractivity contribution in [3.63, 3.8) is 0 Å². The molecule has 0 aliphatic heterocycles. The highest BCUT2D eigenvalue weighted by molar-refractivity contribution is 9.10. The Morgan fingerprint density at radius 1 is 1.05 bits per heavy atom. The van der Waals surface area contributed by atoms with Crippen LogP contribution in [-0.2, 0) is 16.4 Å². The molecule has 0 atom stereocenters. The lowest BCUT2D eigenvalue weighted by atomic mass is 10.2. The molecule has 3 aromatic rings. The summed E-state index contributed by atoms with van der Waals surface area (Å²) in [4.78, 5) is 3.46. The van der Waals surface area contributed by atoms with Crippen molar-refractivity contribution in [3.05, 3.63) is 58.7 Å². The quantitative estimate of drug-likeness (QED) is 0.748. The summed E-state index contributed by atoms with van der Waals surface area (Å²) in [6.07, 6.45) is 1.68. The molecule has 0 saturated heterocycles. The van der Waals surface area contributed by atoms with E-state index in [1.165, 1.54) is 0 Å². The Balaban J connectivity index is 2.16. The van der Waals surface area contributed by atoms with E-state index in [9.17, 15) is 13.5 Å². The number of sulfone groups is 1. The summed E-state index contributed by atoms with van der Waals surface area (Å²) in [6.45, 7) is -0.137. The predicted octanol–water partition coefficient (Wildman–Crippen LogP) is 3.26. The van der Waals surface area contributed by atoms with E-state index in [0.29, 0.717) is 5.56 Å². The van der Waals surface area contributed by atoms with Gasteiger partial charge in [0.15, 0.2) is 0 Å². The minimum Gasteiger partial charge on any atom is -0.392 e. The van der Waals surface area contributed by atoms with E-state index in [1.54, 1.807) is 48.7 Å². The molecule has 21 heavy (non-hydrogen) atoms. The van der Waals surface area contributed by atoms with Crippen molar-refractivity contribution in [1.82, 2.24) is 4.98 Å². The molecule has 2 N–H and O–H groups in total. The molecule has 0 unspecified atom stereocenters. The minimum absolute atomic E-state index is 0.137. The molecule has 6 heteroatoms. The molecule has 1 aromatic heterocycles. The van der Waals surface area contributed by atoms with E-state index in [0.717, 1.165) is 15.4 Å². The van der Waals surface area contributed by atoms with Gasteiger partial charge in [0.1, 0.15) is 0 Å². The van der Waals surface area contributed by atoms with Crippen molar-refractivity contribution in [2.24, 2.45) is 0 Å². The molecular weight excluding hydrogens is 354 g/mol. The Labute approximate surface area is 130 Å². The SMILES string of the molecule is O=S(=O)(c1ccc(Br)cc1)c1ccc2[nH]cc(CO)c2c1. The van der Waals surface area contributed by atoms with Crippen LogP contribution in [0.5, 0.6) is 0 Å². The maximum Gasteiger partial charge on any atom is 0.206 e. The van der Waals surface area contributed by atoms with Crippen LogP contribution in [0, 0.1) is 0 Å². The van der Waals surface area contributed by atoms with Crippen LogP contribution in [0.3, 0.4) is 0 Å². The zero-order chi connectivity index (χ0) is 15.0. The van der Waals surface area contributed by atoms with Crippen LogP contribution in [0.1, 0.15) is 5.56 Å². The Hall–Kier alpha value is -1.63. The molecular formula is C15H12BrNO3S. The van der Waals surface area contributed by atoms with Gasteiger partial charge in [0, 0.05) is 27.1 Å². The molecule has 2 aromatic carbocycles. The number of aromatic nitrogens is 1. The first kappa shape index (κ1) is 14.3. The first-order valence-electron chi connectivity index (χ1n) is 6.24. The van der Waals surface area contributed by atoms with Crippen molar-refractivity contribution in [3.8, 4) is 0 Å². The molecule has 0 aliphatic carbocycles. The van der Waals surface area contributed by atoms with Crippen LogP contribution in [0.2, 0.25) is 0 Å². The monoisotopic (exact) mass is 365 g/mol.